The molecule has 2 aromatic rings. The maximum Gasteiger partial charge on any atom is 0.200 e. The molecular weight excluding hydrogens is 398 g/mol. The van der Waals surface area contributed by atoms with E-state index in [0.717, 1.165) is 54.8 Å². The van der Waals surface area contributed by atoms with Crippen molar-refractivity contribution in [3.05, 3.63) is 39.2 Å². The predicted molar refractivity (Wildman–Crippen MR) is 123 cm³/mol. The first-order valence-corrected chi connectivity index (χ1v) is 10.7. The first kappa shape index (κ1) is 21.0. The molecule has 2 aliphatic heterocycles. The molecule has 1 aromatic heterocycles. The van der Waals surface area contributed by atoms with E-state index in [1.54, 1.807) is 6.20 Å². The number of halogens is 1. The Morgan fingerprint density at radius 2 is 2.03 bits per heavy atom. The van der Waals surface area contributed by atoms with Gasteiger partial charge < -0.3 is 14.8 Å². The Kier molecular flexibility index (Phi) is 5.42. The molecule has 1 N–H and O–H groups in total. The van der Waals surface area contributed by atoms with Crippen LogP contribution in [0.15, 0.2) is 17.1 Å². The fraction of sp³-hybridized carbons (Fsp3) is 0.500. The van der Waals surface area contributed by atoms with Gasteiger partial charge in [-0.25, -0.2) is 0 Å². The molecule has 5 rings (SSSR count). The van der Waals surface area contributed by atoms with Gasteiger partial charge in [-0.2, -0.15) is 0 Å². The van der Waals surface area contributed by atoms with Crippen LogP contribution in [0.3, 0.4) is 0 Å². The number of ketones is 1. The number of hydrogen-bond acceptors (Lipinski definition) is 4. The molecular formula is C24H28ClN3O2. The summed E-state index contributed by atoms with van der Waals surface area (Å²) in [5.74, 6) is 3.39. The minimum Gasteiger partial charge on any atom is -0.368 e. The summed E-state index contributed by atoms with van der Waals surface area (Å²) in [4.78, 5) is 27.6. The van der Waals surface area contributed by atoms with Crippen molar-refractivity contribution < 1.29 is 4.79 Å². The van der Waals surface area contributed by atoms with Gasteiger partial charge in [0, 0.05) is 36.8 Å². The number of piperidine rings is 1. The average Bonchev–Trinajstić information content (AvgIpc) is 3.45. The van der Waals surface area contributed by atoms with Gasteiger partial charge in [0.25, 0.3) is 0 Å². The van der Waals surface area contributed by atoms with Crippen LogP contribution in [-0.4, -0.2) is 36.0 Å². The minimum absolute atomic E-state index is 0. The molecule has 1 aromatic carbocycles. The highest BCUT2D eigenvalue weighted by molar-refractivity contribution is 6.00. The van der Waals surface area contributed by atoms with E-state index in [2.05, 4.69) is 20.7 Å². The number of hydrogen-bond donors (Lipinski definition) is 1. The Balaban J connectivity index is 0.00000218. The highest BCUT2D eigenvalue weighted by Crippen LogP contribution is 2.41. The third-order valence-corrected chi connectivity index (χ3v) is 6.86. The van der Waals surface area contributed by atoms with Crippen molar-refractivity contribution in [1.82, 2.24) is 9.88 Å². The summed E-state index contributed by atoms with van der Waals surface area (Å²) in [5, 5.41) is 4.23. The van der Waals surface area contributed by atoms with Crippen molar-refractivity contribution in [2.75, 3.05) is 24.5 Å². The predicted octanol–water partition coefficient (Wildman–Crippen LogP) is 3.44. The molecule has 2 atom stereocenters. The smallest absolute Gasteiger partial charge is 0.200 e. The molecule has 2 saturated heterocycles. The number of aromatic nitrogens is 1. The lowest BCUT2D eigenvalue weighted by Crippen LogP contribution is -2.40. The summed E-state index contributed by atoms with van der Waals surface area (Å²) in [7, 11) is 0. The zero-order chi connectivity index (χ0) is 20.3. The minimum atomic E-state index is -0.202. The molecule has 0 bridgehead atoms. The summed E-state index contributed by atoms with van der Waals surface area (Å²) in [6.07, 6.45) is 12.4. The number of rotatable bonds is 3. The van der Waals surface area contributed by atoms with Crippen LogP contribution in [0.1, 0.15) is 60.1 Å². The van der Waals surface area contributed by atoms with Crippen LogP contribution in [0, 0.1) is 25.2 Å². The first-order valence-electron chi connectivity index (χ1n) is 10.7. The van der Waals surface area contributed by atoms with Crippen molar-refractivity contribution in [3.8, 4) is 12.3 Å². The molecule has 0 radical (unpaired) electrons. The molecule has 158 valence electrons. The summed E-state index contributed by atoms with van der Waals surface area (Å²) in [6, 6.07) is 2.78. The number of nitrogens with zero attached hydrogens (tertiary/aromatic N) is 2. The van der Waals surface area contributed by atoms with Crippen LogP contribution in [0.5, 0.6) is 0 Å². The van der Waals surface area contributed by atoms with Gasteiger partial charge in [-0.05, 0) is 63.6 Å². The summed E-state index contributed by atoms with van der Waals surface area (Å²) in [6.45, 7) is 6.53. The highest BCUT2D eigenvalue weighted by Gasteiger charge is 2.36. The van der Waals surface area contributed by atoms with Gasteiger partial charge in [0.05, 0.1) is 22.3 Å². The molecule has 5 nitrogen and oxygen atoms in total. The van der Waals surface area contributed by atoms with Gasteiger partial charge >= 0.3 is 0 Å². The largest absolute Gasteiger partial charge is 0.368 e. The topological polar surface area (TPSA) is 54.3 Å². The number of anilines is 1. The standard InChI is InChI=1S/C24H27N3O2.ClH/c1-4-18-22(26-11-16-6-5-9-25-21(16)13-26)14(2)10-19-23(18)27(17-7-8-17)12-20(15(3)28)24(19)29;/h1,10,12,16-17,21,25H,5-9,11,13H2,2-3H3;1H. The van der Waals surface area contributed by atoms with Gasteiger partial charge in [-0.1, -0.05) is 5.92 Å². The van der Waals surface area contributed by atoms with Crippen molar-refractivity contribution in [3.63, 3.8) is 0 Å². The number of terminal acetylenes is 1. The highest BCUT2D eigenvalue weighted by atomic mass is 35.5. The number of carbonyl (C=O) groups is 1. The average molecular weight is 426 g/mol. The van der Waals surface area contributed by atoms with Crippen molar-refractivity contribution >= 4 is 34.8 Å². The molecule has 0 amide bonds. The molecule has 2 unspecified atom stereocenters. The normalized spacial score (nSPS) is 23.0. The lowest BCUT2D eigenvalue weighted by molar-refractivity contribution is 0.101. The number of pyridine rings is 1. The third-order valence-electron chi connectivity index (χ3n) is 6.86. The Bertz CT molecular complexity index is 1110. The number of fused-ring (bicyclic) bond motifs is 2. The van der Waals surface area contributed by atoms with Crippen molar-refractivity contribution in [2.24, 2.45) is 5.92 Å². The van der Waals surface area contributed by atoms with E-state index < -0.39 is 0 Å². The monoisotopic (exact) mass is 425 g/mol. The molecule has 1 saturated carbocycles. The Morgan fingerprint density at radius 3 is 2.67 bits per heavy atom. The number of aryl methyl sites for hydroxylation is 1. The molecule has 1 aliphatic carbocycles. The number of benzene rings is 1. The quantitative estimate of drug-likeness (QED) is 0.604. The van der Waals surface area contributed by atoms with Crippen LogP contribution in [0.2, 0.25) is 0 Å². The van der Waals surface area contributed by atoms with Crippen LogP contribution < -0.4 is 15.6 Å². The zero-order valence-electron chi connectivity index (χ0n) is 17.5. The van der Waals surface area contributed by atoms with E-state index in [4.69, 9.17) is 6.42 Å². The zero-order valence-corrected chi connectivity index (χ0v) is 18.3. The number of Topliss-reactive ketones (excluding diaryl/α,β-unsaturated/α-hetero) is 1. The van der Waals surface area contributed by atoms with Crippen LogP contribution in [0.25, 0.3) is 10.9 Å². The Labute approximate surface area is 183 Å². The summed E-state index contributed by atoms with van der Waals surface area (Å²) in [5.41, 5.74) is 3.79. The van der Waals surface area contributed by atoms with E-state index in [0.29, 0.717) is 23.4 Å². The van der Waals surface area contributed by atoms with Gasteiger partial charge in [-0.3, -0.25) is 9.59 Å². The van der Waals surface area contributed by atoms with Gasteiger partial charge in [0.2, 0.25) is 0 Å². The van der Waals surface area contributed by atoms with Gasteiger partial charge in [0.15, 0.2) is 11.2 Å². The lowest BCUT2D eigenvalue weighted by atomic mass is 9.94. The number of nitrogens with one attached hydrogen (secondary N) is 1. The second-order valence-electron chi connectivity index (χ2n) is 8.89. The second kappa shape index (κ2) is 7.76. The van der Waals surface area contributed by atoms with E-state index >= 15 is 0 Å². The third kappa shape index (κ3) is 3.23. The molecule has 3 aliphatic rings. The Morgan fingerprint density at radius 1 is 1.27 bits per heavy atom. The fourth-order valence-electron chi connectivity index (χ4n) is 5.31. The van der Waals surface area contributed by atoms with Crippen molar-refractivity contribution in [1.29, 1.82) is 0 Å². The van der Waals surface area contributed by atoms with Gasteiger partial charge in [0.1, 0.15) is 0 Å². The lowest BCUT2D eigenvalue weighted by Gasteiger charge is -2.25. The molecule has 30 heavy (non-hydrogen) atoms. The van der Waals surface area contributed by atoms with E-state index in [-0.39, 0.29) is 29.2 Å². The van der Waals surface area contributed by atoms with Crippen LogP contribution in [0.4, 0.5) is 5.69 Å². The van der Waals surface area contributed by atoms with Crippen LogP contribution >= 0.6 is 12.4 Å². The fourth-order valence-corrected chi connectivity index (χ4v) is 5.31. The van der Waals surface area contributed by atoms with E-state index in [1.807, 2.05) is 13.0 Å². The summed E-state index contributed by atoms with van der Waals surface area (Å²) < 4.78 is 2.10. The van der Waals surface area contributed by atoms with Crippen molar-refractivity contribution in [2.45, 2.75) is 51.6 Å². The van der Waals surface area contributed by atoms with Gasteiger partial charge in [-0.15, -0.1) is 18.8 Å². The molecule has 0 spiro atoms. The summed E-state index contributed by atoms with van der Waals surface area (Å²) >= 11 is 0. The molecule has 3 fully saturated rings. The Hall–Kier alpha value is -2.29. The first-order chi connectivity index (χ1) is 14.0. The van der Waals surface area contributed by atoms with E-state index in [1.165, 1.54) is 19.8 Å². The maximum atomic E-state index is 13.1. The molecule has 3 heterocycles. The van der Waals surface area contributed by atoms with E-state index in [9.17, 15) is 9.59 Å². The second-order valence-corrected chi connectivity index (χ2v) is 8.89. The SMILES string of the molecule is C#Cc1c(N2CC3CCCNC3C2)c(C)cc2c(=O)c(C(C)=O)cn(C3CC3)c12.Cl. The number of carbonyl (C=O) groups excluding carboxylic acids is 1. The van der Waals surface area contributed by atoms with Crippen LogP contribution in [-0.2, 0) is 0 Å². The maximum absolute atomic E-state index is 13.1. The molecule has 6 heteroatoms.